The first-order valence-electron chi connectivity index (χ1n) is 5.31. The Kier molecular flexibility index (Phi) is 5.01. The van der Waals surface area contributed by atoms with E-state index in [4.69, 9.17) is 0 Å². The van der Waals surface area contributed by atoms with E-state index in [1.807, 2.05) is 6.92 Å². The van der Waals surface area contributed by atoms with Gasteiger partial charge in [0, 0.05) is 23.1 Å². The molecule has 1 aromatic heterocycles. The number of tetrazole rings is 1. The molecule has 6 nitrogen and oxygen atoms in total. The third-order valence-electron chi connectivity index (χ3n) is 2.27. The van der Waals surface area contributed by atoms with Gasteiger partial charge >= 0.3 is 0 Å². The van der Waals surface area contributed by atoms with Crippen LogP contribution in [0.15, 0.2) is 0 Å². The van der Waals surface area contributed by atoms with Crippen LogP contribution in [0.2, 0.25) is 0 Å². The largest absolute Gasteiger partial charge is 0.308 e. The van der Waals surface area contributed by atoms with Crippen molar-refractivity contribution in [1.82, 2.24) is 25.5 Å². The normalized spacial score (nSPS) is 15.3. The second kappa shape index (κ2) is 6.05. The molecule has 0 spiro atoms. The van der Waals surface area contributed by atoms with Crippen molar-refractivity contribution in [1.29, 1.82) is 0 Å². The average Bonchev–Trinajstić information content (AvgIpc) is 2.62. The Bertz CT molecular complexity index is 351. The maximum atomic E-state index is 11.3. The van der Waals surface area contributed by atoms with Crippen LogP contribution >= 0.6 is 0 Å². The smallest absolute Gasteiger partial charge is 0.165 e. The zero-order valence-corrected chi connectivity index (χ0v) is 11.0. The lowest BCUT2D eigenvalue weighted by molar-refractivity contribution is 0.513. The summed E-state index contributed by atoms with van der Waals surface area (Å²) in [5.41, 5.74) is 0. The quantitative estimate of drug-likeness (QED) is 0.760. The number of rotatable bonds is 6. The highest BCUT2D eigenvalue weighted by Gasteiger charge is 2.12. The highest BCUT2D eigenvalue weighted by atomic mass is 32.2. The van der Waals surface area contributed by atoms with Crippen molar-refractivity contribution >= 4 is 10.8 Å². The maximum Gasteiger partial charge on any atom is 0.165 e. The SMILES string of the molecule is CC(C)NCc1nnnn1CC(C)S(C)=O. The molecule has 0 aliphatic heterocycles. The molecule has 1 aromatic rings. The predicted octanol–water partition coefficient (Wildman–Crippen LogP) is -0.0619. The Morgan fingerprint density at radius 1 is 1.44 bits per heavy atom. The van der Waals surface area contributed by atoms with Gasteiger partial charge in [0.1, 0.15) is 0 Å². The van der Waals surface area contributed by atoms with Gasteiger partial charge in [-0.1, -0.05) is 13.8 Å². The molecule has 0 amide bonds. The first-order chi connectivity index (χ1) is 7.50. The van der Waals surface area contributed by atoms with E-state index in [1.54, 1.807) is 10.9 Å². The van der Waals surface area contributed by atoms with Crippen LogP contribution in [0, 0.1) is 0 Å². The maximum absolute atomic E-state index is 11.3. The minimum Gasteiger partial charge on any atom is -0.308 e. The summed E-state index contributed by atoms with van der Waals surface area (Å²) in [7, 11) is -0.853. The fraction of sp³-hybridized carbons (Fsp3) is 0.889. The minimum absolute atomic E-state index is 0.0568. The lowest BCUT2D eigenvalue weighted by Gasteiger charge is -2.11. The molecule has 16 heavy (non-hydrogen) atoms. The Morgan fingerprint density at radius 3 is 2.69 bits per heavy atom. The molecule has 2 atom stereocenters. The second-order valence-electron chi connectivity index (χ2n) is 4.12. The number of nitrogens with one attached hydrogen (secondary N) is 1. The number of hydrogen-bond acceptors (Lipinski definition) is 5. The highest BCUT2D eigenvalue weighted by molar-refractivity contribution is 7.84. The molecule has 1 rings (SSSR count). The molecule has 1 N–H and O–H groups in total. The number of hydrogen-bond donors (Lipinski definition) is 1. The van der Waals surface area contributed by atoms with Crippen molar-refractivity contribution in [2.24, 2.45) is 0 Å². The minimum atomic E-state index is -0.853. The summed E-state index contributed by atoms with van der Waals surface area (Å²) in [6.45, 7) is 7.28. The zero-order chi connectivity index (χ0) is 12.1. The van der Waals surface area contributed by atoms with E-state index >= 15 is 0 Å². The Morgan fingerprint density at radius 2 is 2.12 bits per heavy atom. The molecule has 92 valence electrons. The molecule has 0 saturated carbocycles. The van der Waals surface area contributed by atoms with E-state index in [-0.39, 0.29) is 5.25 Å². The molecule has 0 aliphatic carbocycles. The van der Waals surface area contributed by atoms with Crippen LogP contribution in [0.25, 0.3) is 0 Å². The zero-order valence-electron chi connectivity index (χ0n) is 10.2. The van der Waals surface area contributed by atoms with Crippen LogP contribution in [-0.4, -0.2) is 42.0 Å². The summed E-state index contributed by atoms with van der Waals surface area (Å²) in [5.74, 6) is 0.783. The van der Waals surface area contributed by atoms with E-state index in [1.165, 1.54) is 0 Å². The van der Waals surface area contributed by atoms with Gasteiger partial charge < -0.3 is 5.32 Å². The van der Waals surface area contributed by atoms with E-state index in [0.717, 1.165) is 5.82 Å². The molecule has 0 bridgehead atoms. The Labute approximate surface area is 98.3 Å². The predicted molar refractivity (Wildman–Crippen MR) is 63.3 cm³/mol. The monoisotopic (exact) mass is 245 g/mol. The molecule has 1 heterocycles. The highest BCUT2D eigenvalue weighted by Crippen LogP contribution is 2.00. The van der Waals surface area contributed by atoms with E-state index in [2.05, 4.69) is 34.7 Å². The summed E-state index contributed by atoms with van der Waals surface area (Å²) in [6.07, 6.45) is 1.70. The summed E-state index contributed by atoms with van der Waals surface area (Å²) in [4.78, 5) is 0. The molecule has 2 unspecified atom stereocenters. The van der Waals surface area contributed by atoms with Crippen LogP contribution in [-0.2, 0) is 23.9 Å². The van der Waals surface area contributed by atoms with Crippen molar-refractivity contribution in [2.75, 3.05) is 6.26 Å². The number of nitrogens with zero attached hydrogens (tertiary/aromatic N) is 4. The fourth-order valence-corrected chi connectivity index (χ4v) is 1.49. The average molecular weight is 245 g/mol. The van der Waals surface area contributed by atoms with Crippen molar-refractivity contribution < 1.29 is 4.21 Å². The van der Waals surface area contributed by atoms with Gasteiger partial charge in [-0.3, -0.25) is 4.21 Å². The van der Waals surface area contributed by atoms with Crippen molar-refractivity contribution in [2.45, 2.75) is 45.2 Å². The topological polar surface area (TPSA) is 72.7 Å². The Balaban J connectivity index is 2.60. The molecular formula is C9H19N5OS. The van der Waals surface area contributed by atoms with Gasteiger partial charge in [0.05, 0.1) is 18.3 Å². The molecule has 0 aromatic carbocycles. The molecule has 0 saturated heterocycles. The fourth-order valence-electron chi connectivity index (χ4n) is 1.14. The summed E-state index contributed by atoms with van der Waals surface area (Å²) < 4.78 is 13.0. The van der Waals surface area contributed by atoms with Crippen molar-refractivity contribution in [3.05, 3.63) is 5.82 Å². The summed E-state index contributed by atoms with van der Waals surface area (Å²) in [6, 6.07) is 0.392. The van der Waals surface area contributed by atoms with Gasteiger partial charge in [0.15, 0.2) is 5.82 Å². The van der Waals surface area contributed by atoms with Crippen molar-refractivity contribution in [3.8, 4) is 0 Å². The van der Waals surface area contributed by atoms with Crippen LogP contribution in [0.3, 0.4) is 0 Å². The molecule has 0 radical (unpaired) electrons. The summed E-state index contributed by atoms with van der Waals surface area (Å²) >= 11 is 0. The van der Waals surface area contributed by atoms with Gasteiger partial charge in [0.25, 0.3) is 0 Å². The molecule has 7 heteroatoms. The summed E-state index contributed by atoms with van der Waals surface area (Å²) in [5, 5.41) is 14.8. The third-order valence-corrected chi connectivity index (χ3v) is 3.55. The molecular weight excluding hydrogens is 226 g/mol. The van der Waals surface area contributed by atoms with Crippen LogP contribution < -0.4 is 5.32 Å². The van der Waals surface area contributed by atoms with Gasteiger partial charge in [-0.15, -0.1) is 5.10 Å². The standard InChI is InChI=1S/C9H19N5OS/c1-7(2)10-5-9-11-12-13-14(9)6-8(3)16(4)15/h7-8,10H,5-6H2,1-4H3. The van der Waals surface area contributed by atoms with Gasteiger partial charge in [-0.05, 0) is 17.4 Å². The van der Waals surface area contributed by atoms with Gasteiger partial charge in [-0.25, -0.2) is 4.68 Å². The first-order valence-corrected chi connectivity index (χ1v) is 6.93. The lowest BCUT2D eigenvalue weighted by atomic mass is 10.4. The van der Waals surface area contributed by atoms with Crippen molar-refractivity contribution in [3.63, 3.8) is 0 Å². The third kappa shape index (κ3) is 3.97. The van der Waals surface area contributed by atoms with Crippen LogP contribution in [0.4, 0.5) is 0 Å². The number of aromatic nitrogens is 4. The van der Waals surface area contributed by atoms with E-state index in [9.17, 15) is 4.21 Å². The Hall–Kier alpha value is -0.820. The van der Waals surface area contributed by atoms with Crippen LogP contribution in [0.1, 0.15) is 26.6 Å². The lowest BCUT2D eigenvalue weighted by Crippen LogP contribution is -2.26. The molecule has 0 fully saturated rings. The first kappa shape index (κ1) is 13.2. The van der Waals surface area contributed by atoms with Gasteiger partial charge in [-0.2, -0.15) is 0 Å². The van der Waals surface area contributed by atoms with E-state index < -0.39 is 10.8 Å². The molecule has 0 aliphatic rings. The van der Waals surface area contributed by atoms with E-state index in [0.29, 0.717) is 19.1 Å². The second-order valence-corrected chi connectivity index (χ2v) is 5.92. The van der Waals surface area contributed by atoms with Crippen LogP contribution in [0.5, 0.6) is 0 Å². The van der Waals surface area contributed by atoms with Gasteiger partial charge in [0.2, 0.25) is 0 Å².